The number of likely N-dealkylation sites (tertiary alicyclic amines) is 2. The summed E-state index contributed by atoms with van der Waals surface area (Å²) >= 11 is 1.76. The lowest BCUT2D eigenvalue weighted by atomic mass is 9.80. The lowest BCUT2D eigenvalue weighted by molar-refractivity contribution is -0.144. The molecule has 4 heterocycles. The summed E-state index contributed by atoms with van der Waals surface area (Å²) < 4.78 is 2.23. The zero-order valence-corrected chi connectivity index (χ0v) is 24.6. The van der Waals surface area contributed by atoms with Crippen LogP contribution in [0.5, 0.6) is 0 Å². The van der Waals surface area contributed by atoms with Crippen LogP contribution in [0.3, 0.4) is 0 Å². The van der Waals surface area contributed by atoms with Crippen LogP contribution in [-0.2, 0) is 17.8 Å². The Bertz CT molecular complexity index is 1240. The second-order valence-corrected chi connectivity index (χ2v) is 13.1. The van der Waals surface area contributed by atoms with Crippen molar-refractivity contribution in [1.29, 1.82) is 0 Å². The predicted octanol–water partition coefficient (Wildman–Crippen LogP) is 6.44. The molecule has 1 aliphatic carbocycles. The van der Waals surface area contributed by atoms with Crippen molar-refractivity contribution < 1.29 is 9.90 Å². The third kappa shape index (κ3) is 6.07. The molecule has 3 aromatic rings. The van der Waals surface area contributed by atoms with Gasteiger partial charge in [-0.05, 0) is 78.6 Å². The zero-order valence-electron chi connectivity index (χ0n) is 23.8. The van der Waals surface area contributed by atoms with Gasteiger partial charge in [-0.25, -0.2) is 0 Å². The van der Waals surface area contributed by atoms with Gasteiger partial charge in [0, 0.05) is 38.5 Å². The number of rotatable bonds is 11. The van der Waals surface area contributed by atoms with Crippen LogP contribution in [0.25, 0.3) is 0 Å². The molecule has 3 fully saturated rings. The minimum absolute atomic E-state index is 0.351. The molecule has 40 heavy (non-hydrogen) atoms. The average molecular weight is 561 g/mol. The monoisotopic (exact) mass is 560 g/mol. The van der Waals surface area contributed by atoms with E-state index < -0.39 is 5.97 Å². The molecule has 4 atom stereocenters. The molecule has 6 rings (SSSR count). The van der Waals surface area contributed by atoms with Crippen molar-refractivity contribution in [2.75, 3.05) is 26.2 Å². The van der Waals surface area contributed by atoms with Crippen molar-refractivity contribution in [2.45, 2.75) is 82.8 Å². The molecule has 2 aliphatic heterocycles. The molecule has 0 radical (unpaired) electrons. The minimum atomic E-state index is -0.634. The molecular weight excluding hydrogens is 516 g/mol. The van der Waals surface area contributed by atoms with E-state index in [1.165, 1.54) is 48.9 Å². The fraction of sp³-hybridized carbons (Fsp3) is 0.576. The Morgan fingerprint density at radius 3 is 2.65 bits per heavy atom. The van der Waals surface area contributed by atoms with Crippen LogP contribution in [0.2, 0.25) is 0 Å². The molecule has 1 unspecified atom stereocenters. The number of aromatic nitrogens is 2. The summed E-state index contributed by atoms with van der Waals surface area (Å²) in [5.41, 5.74) is 5.19. The summed E-state index contributed by atoms with van der Waals surface area (Å²) in [5, 5.41) is 19.7. The fourth-order valence-electron chi connectivity index (χ4n) is 7.40. The van der Waals surface area contributed by atoms with Crippen LogP contribution >= 0.6 is 11.3 Å². The highest BCUT2D eigenvalue weighted by Crippen LogP contribution is 2.41. The highest BCUT2D eigenvalue weighted by atomic mass is 32.1. The Balaban J connectivity index is 1.22. The minimum Gasteiger partial charge on any atom is -0.480 e. The van der Waals surface area contributed by atoms with Crippen molar-refractivity contribution in [3.8, 4) is 0 Å². The van der Waals surface area contributed by atoms with Crippen molar-refractivity contribution in [1.82, 2.24) is 19.6 Å². The average Bonchev–Trinajstić information content (AvgIpc) is 3.69. The number of hydrogen-bond acceptors (Lipinski definition) is 5. The number of carboxylic acids is 1. The van der Waals surface area contributed by atoms with E-state index in [1.807, 2.05) is 0 Å². The first-order valence-electron chi connectivity index (χ1n) is 15.4. The molecule has 0 spiro atoms. The van der Waals surface area contributed by atoms with Crippen LogP contribution < -0.4 is 0 Å². The molecule has 1 N–H and O–H groups in total. The zero-order chi connectivity index (χ0) is 27.5. The van der Waals surface area contributed by atoms with Crippen molar-refractivity contribution in [3.05, 3.63) is 75.7 Å². The summed E-state index contributed by atoms with van der Waals surface area (Å²) in [4.78, 5) is 17.5. The van der Waals surface area contributed by atoms with E-state index in [2.05, 4.69) is 74.6 Å². The molecule has 1 aromatic carbocycles. The number of aliphatic carboxylic acids is 1. The van der Waals surface area contributed by atoms with Gasteiger partial charge in [0.2, 0.25) is 0 Å². The van der Waals surface area contributed by atoms with Gasteiger partial charge >= 0.3 is 5.97 Å². The van der Waals surface area contributed by atoms with Crippen LogP contribution in [0.4, 0.5) is 0 Å². The highest BCUT2D eigenvalue weighted by molar-refractivity contribution is 7.08. The Morgan fingerprint density at radius 2 is 1.95 bits per heavy atom. The van der Waals surface area contributed by atoms with E-state index in [-0.39, 0.29) is 6.04 Å². The van der Waals surface area contributed by atoms with E-state index in [0.29, 0.717) is 23.8 Å². The molecule has 2 aromatic heterocycles. The standard InChI is InChI=1S/C33H44N4O2S/c1-2-37-31(19-28(34-37)17-24-9-4-3-5-10-24)30-13-6-7-15-35(30)20-27-21-36(22-29(27)26-14-16-40-23-26)32(33(38)39)18-25-11-8-12-25/h3-5,9-10,14,16,19,23,25,27,29-30,32H,2,6-8,11-13,15,17-18,20-22H2,1H3,(H,38,39)/t27-,29+,30?,32+/m0/s1. The second kappa shape index (κ2) is 12.6. The quantitative estimate of drug-likeness (QED) is 0.292. The van der Waals surface area contributed by atoms with E-state index in [0.717, 1.165) is 57.7 Å². The van der Waals surface area contributed by atoms with Crippen molar-refractivity contribution in [2.24, 2.45) is 11.8 Å². The van der Waals surface area contributed by atoms with E-state index in [1.54, 1.807) is 11.3 Å². The van der Waals surface area contributed by atoms with E-state index >= 15 is 0 Å². The second-order valence-electron chi connectivity index (χ2n) is 12.3. The maximum Gasteiger partial charge on any atom is 0.320 e. The van der Waals surface area contributed by atoms with Crippen LogP contribution in [-0.4, -0.2) is 62.9 Å². The van der Waals surface area contributed by atoms with E-state index in [9.17, 15) is 9.90 Å². The van der Waals surface area contributed by atoms with Gasteiger partial charge in [-0.15, -0.1) is 0 Å². The first-order valence-corrected chi connectivity index (χ1v) is 16.4. The predicted molar refractivity (Wildman–Crippen MR) is 161 cm³/mol. The maximum absolute atomic E-state index is 12.4. The van der Waals surface area contributed by atoms with Crippen molar-refractivity contribution in [3.63, 3.8) is 0 Å². The van der Waals surface area contributed by atoms with Gasteiger partial charge in [-0.1, -0.05) is 56.0 Å². The molecule has 0 bridgehead atoms. The van der Waals surface area contributed by atoms with Gasteiger partial charge in [0.25, 0.3) is 0 Å². The van der Waals surface area contributed by atoms with Gasteiger partial charge in [0.1, 0.15) is 6.04 Å². The van der Waals surface area contributed by atoms with Gasteiger partial charge in [0.05, 0.1) is 17.4 Å². The molecule has 6 nitrogen and oxygen atoms in total. The topological polar surface area (TPSA) is 61.6 Å². The summed E-state index contributed by atoms with van der Waals surface area (Å²) in [6, 6.07) is 15.3. The first kappa shape index (κ1) is 27.7. The molecule has 214 valence electrons. The normalized spacial score (nSPS) is 25.2. The van der Waals surface area contributed by atoms with Gasteiger partial charge < -0.3 is 5.11 Å². The number of hydrogen-bond donors (Lipinski definition) is 1. The van der Waals surface area contributed by atoms with Crippen LogP contribution in [0, 0.1) is 11.8 Å². The highest BCUT2D eigenvalue weighted by Gasteiger charge is 2.42. The number of piperidine rings is 1. The molecular formula is C33H44N4O2S. The molecule has 0 amide bonds. The number of aryl methyl sites for hydroxylation is 1. The number of thiophene rings is 1. The van der Waals surface area contributed by atoms with Gasteiger partial charge in [-0.2, -0.15) is 16.4 Å². The lowest BCUT2D eigenvalue weighted by Gasteiger charge is -2.38. The Labute approximate surface area is 243 Å². The number of benzene rings is 1. The summed E-state index contributed by atoms with van der Waals surface area (Å²) in [6.45, 7) is 6.93. The molecule has 3 aliphatic rings. The van der Waals surface area contributed by atoms with Gasteiger partial charge in [0.15, 0.2) is 0 Å². The number of carboxylic acid groups (broad SMARTS) is 1. The fourth-order valence-corrected chi connectivity index (χ4v) is 8.13. The van der Waals surface area contributed by atoms with Crippen LogP contribution in [0.15, 0.2) is 53.2 Å². The molecule has 2 saturated heterocycles. The molecule has 7 heteroatoms. The number of nitrogens with zero attached hydrogens (tertiary/aromatic N) is 4. The van der Waals surface area contributed by atoms with E-state index in [4.69, 9.17) is 5.10 Å². The van der Waals surface area contributed by atoms with Gasteiger partial charge in [-0.3, -0.25) is 19.3 Å². The van der Waals surface area contributed by atoms with Crippen LogP contribution in [0.1, 0.15) is 86.3 Å². The summed E-state index contributed by atoms with van der Waals surface area (Å²) in [6.07, 6.45) is 8.96. The lowest BCUT2D eigenvalue weighted by Crippen LogP contribution is -2.43. The third-order valence-electron chi connectivity index (χ3n) is 9.76. The number of carbonyl (C=O) groups is 1. The van der Waals surface area contributed by atoms with Crippen molar-refractivity contribution >= 4 is 17.3 Å². The maximum atomic E-state index is 12.4. The summed E-state index contributed by atoms with van der Waals surface area (Å²) in [7, 11) is 0. The molecule has 1 saturated carbocycles. The first-order chi connectivity index (χ1) is 19.6. The third-order valence-corrected chi connectivity index (χ3v) is 10.5. The SMILES string of the molecule is CCn1nc(Cc2ccccc2)cc1C1CCCCN1C[C@H]1CN([C@H](CC2CCC2)C(=O)O)C[C@@H]1c1ccsc1. The Morgan fingerprint density at radius 1 is 1.10 bits per heavy atom. The Hall–Kier alpha value is -2.48. The Kier molecular flexibility index (Phi) is 8.70. The smallest absolute Gasteiger partial charge is 0.320 e. The summed E-state index contributed by atoms with van der Waals surface area (Å²) in [5.74, 6) is 0.776. The largest absolute Gasteiger partial charge is 0.480 e.